The molecule has 1 aromatic carbocycles. The summed E-state index contributed by atoms with van der Waals surface area (Å²) in [6, 6.07) is 5.19. The normalized spacial score (nSPS) is 13.4. The van der Waals surface area contributed by atoms with E-state index in [4.69, 9.17) is 0 Å². The van der Waals surface area contributed by atoms with Crippen LogP contribution in [0.25, 0.3) is 0 Å². The van der Waals surface area contributed by atoms with Crippen molar-refractivity contribution in [1.29, 1.82) is 0 Å². The molecule has 17 heavy (non-hydrogen) atoms. The lowest BCUT2D eigenvalue weighted by molar-refractivity contribution is 0.103. The lowest BCUT2D eigenvalue weighted by Crippen LogP contribution is -2.36. The summed E-state index contributed by atoms with van der Waals surface area (Å²) in [4.78, 5) is 2.12. The van der Waals surface area contributed by atoms with Gasteiger partial charge in [-0.2, -0.15) is 0 Å². The Morgan fingerprint density at radius 1 is 1.29 bits per heavy atom. The topological polar surface area (TPSA) is 23.5 Å². The summed E-state index contributed by atoms with van der Waals surface area (Å²) < 4.78 is 14.0. The molecule has 0 unspecified atom stereocenters. The molecule has 0 amide bonds. The first-order valence-corrected chi connectivity index (χ1v) is 6.55. The number of aliphatic hydroxyl groups excluding tert-OH is 1. The highest BCUT2D eigenvalue weighted by Crippen LogP contribution is 2.17. The summed E-state index contributed by atoms with van der Waals surface area (Å²) >= 11 is 3.28. The number of hydrogen-bond acceptors (Lipinski definition) is 2. The first kappa shape index (κ1) is 14.6. The van der Waals surface area contributed by atoms with Crippen LogP contribution in [0.15, 0.2) is 22.7 Å². The van der Waals surface area contributed by atoms with Crippen molar-refractivity contribution in [2.24, 2.45) is 0 Å². The van der Waals surface area contributed by atoms with Gasteiger partial charge in [-0.1, -0.05) is 15.9 Å². The second-order valence-corrected chi connectivity index (χ2v) is 5.57. The molecule has 0 radical (unpaired) electrons. The van der Waals surface area contributed by atoms with Crippen LogP contribution in [0, 0.1) is 5.82 Å². The molecule has 0 saturated carbocycles. The first-order chi connectivity index (χ1) is 7.88. The van der Waals surface area contributed by atoms with E-state index in [9.17, 15) is 9.50 Å². The highest BCUT2D eigenvalue weighted by molar-refractivity contribution is 9.10. The minimum atomic E-state index is -0.380. The molecule has 0 heterocycles. The highest BCUT2D eigenvalue weighted by Gasteiger charge is 2.13. The molecular weight excluding hydrogens is 285 g/mol. The van der Waals surface area contributed by atoms with Gasteiger partial charge in [0.2, 0.25) is 0 Å². The van der Waals surface area contributed by atoms with E-state index in [1.54, 1.807) is 6.92 Å². The second-order valence-electron chi connectivity index (χ2n) is 4.65. The van der Waals surface area contributed by atoms with Crippen molar-refractivity contribution in [2.45, 2.75) is 39.5 Å². The third-order valence-electron chi connectivity index (χ3n) is 2.54. The molecule has 0 fully saturated rings. The van der Waals surface area contributed by atoms with Crippen LogP contribution in [0.4, 0.5) is 4.39 Å². The Kier molecular flexibility index (Phi) is 5.56. The molecule has 0 saturated heterocycles. The average molecular weight is 304 g/mol. The fourth-order valence-electron chi connectivity index (χ4n) is 1.73. The molecule has 0 aliphatic carbocycles. The standard InChI is InChI=1S/C13H19BrFNO/c1-9(2)16(7-10(3)17)8-11-4-12(14)6-13(15)5-11/h4-6,9-10,17H,7-8H2,1-3H3/t10-/m0/s1. The van der Waals surface area contributed by atoms with Gasteiger partial charge in [-0.3, -0.25) is 4.90 Å². The van der Waals surface area contributed by atoms with Gasteiger partial charge in [-0.05, 0) is 44.5 Å². The summed E-state index contributed by atoms with van der Waals surface area (Å²) in [6.07, 6.45) is -0.380. The number of benzene rings is 1. The molecule has 0 aliphatic rings. The van der Waals surface area contributed by atoms with Gasteiger partial charge >= 0.3 is 0 Å². The average Bonchev–Trinajstić information content (AvgIpc) is 2.13. The van der Waals surface area contributed by atoms with Crippen LogP contribution < -0.4 is 0 Å². The Morgan fingerprint density at radius 2 is 1.94 bits per heavy atom. The van der Waals surface area contributed by atoms with Crippen molar-refractivity contribution in [1.82, 2.24) is 4.90 Å². The predicted molar refractivity (Wildman–Crippen MR) is 71.3 cm³/mol. The van der Waals surface area contributed by atoms with E-state index in [1.165, 1.54) is 12.1 Å². The second kappa shape index (κ2) is 6.47. The van der Waals surface area contributed by atoms with Crippen molar-refractivity contribution in [3.8, 4) is 0 Å². The summed E-state index contributed by atoms with van der Waals surface area (Å²) in [5.74, 6) is -0.241. The Hall–Kier alpha value is -0.450. The fraction of sp³-hybridized carbons (Fsp3) is 0.538. The summed E-state index contributed by atoms with van der Waals surface area (Å²) in [5.41, 5.74) is 0.909. The zero-order valence-corrected chi connectivity index (χ0v) is 12.0. The van der Waals surface area contributed by atoms with E-state index in [0.29, 0.717) is 19.1 Å². The van der Waals surface area contributed by atoms with Gasteiger partial charge in [0.15, 0.2) is 0 Å². The van der Waals surface area contributed by atoms with Crippen molar-refractivity contribution in [2.75, 3.05) is 6.54 Å². The summed E-state index contributed by atoms with van der Waals surface area (Å²) in [7, 11) is 0. The van der Waals surface area contributed by atoms with Crippen LogP contribution in [0.3, 0.4) is 0 Å². The van der Waals surface area contributed by atoms with Gasteiger partial charge in [-0.15, -0.1) is 0 Å². The van der Waals surface area contributed by atoms with E-state index in [-0.39, 0.29) is 11.9 Å². The highest BCUT2D eigenvalue weighted by atomic mass is 79.9. The van der Waals surface area contributed by atoms with Gasteiger partial charge in [0.05, 0.1) is 6.10 Å². The van der Waals surface area contributed by atoms with E-state index < -0.39 is 0 Å². The van der Waals surface area contributed by atoms with Crippen LogP contribution in [-0.2, 0) is 6.54 Å². The Labute approximate surface area is 111 Å². The molecule has 1 rings (SSSR count). The molecule has 2 nitrogen and oxygen atoms in total. The molecule has 1 aromatic rings. The first-order valence-electron chi connectivity index (χ1n) is 5.75. The monoisotopic (exact) mass is 303 g/mol. The zero-order chi connectivity index (χ0) is 13.0. The lowest BCUT2D eigenvalue weighted by atomic mass is 10.1. The number of hydrogen-bond donors (Lipinski definition) is 1. The zero-order valence-electron chi connectivity index (χ0n) is 10.5. The van der Waals surface area contributed by atoms with E-state index in [2.05, 4.69) is 34.7 Å². The van der Waals surface area contributed by atoms with Gasteiger partial charge in [0, 0.05) is 23.6 Å². The molecule has 96 valence electrons. The van der Waals surface area contributed by atoms with E-state index in [0.717, 1.165) is 10.0 Å². The quantitative estimate of drug-likeness (QED) is 0.903. The van der Waals surface area contributed by atoms with E-state index in [1.807, 2.05) is 6.07 Å². The smallest absolute Gasteiger partial charge is 0.124 e. The minimum Gasteiger partial charge on any atom is -0.392 e. The lowest BCUT2D eigenvalue weighted by Gasteiger charge is -2.27. The molecule has 1 atom stereocenters. The van der Waals surface area contributed by atoms with Gasteiger partial charge < -0.3 is 5.11 Å². The van der Waals surface area contributed by atoms with Crippen LogP contribution >= 0.6 is 15.9 Å². The van der Waals surface area contributed by atoms with Crippen molar-refractivity contribution < 1.29 is 9.50 Å². The third-order valence-corrected chi connectivity index (χ3v) is 2.99. The maximum absolute atomic E-state index is 13.2. The number of rotatable bonds is 5. The molecule has 0 spiro atoms. The Morgan fingerprint density at radius 3 is 2.41 bits per heavy atom. The molecule has 0 bridgehead atoms. The van der Waals surface area contributed by atoms with Crippen LogP contribution in [0.1, 0.15) is 26.3 Å². The third kappa shape index (κ3) is 5.15. The van der Waals surface area contributed by atoms with Crippen LogP contribution in [0.2, 0.25) is 0 Å². The van der Waals surface area contributed by atoms with Crippen LogP contribution in [-0.4, -0.2) is 28.7 Å². The molecular formula is C13H19BrFNO. The maximum atomic E-state index is 13.2. The van der Waals surface area contributed by atoms with Crippen molar-refractivity contribution in [3.63, 3.8) is 0 Å². The van der Waals surface area contributed by atoms with Crippen molar-refractivity contribution in [3.05, 3.63) is 34.1 Å². The Bertz CT molecular complexity index is 348. The fourth-order valence-corrected chi connectivity index (χ4v) is 2.25. The number of halogens is 2. The SMILES string of the molecule is CC(C)N(Cc1cc(F)cc(Br)c1)C[C@H](C)O. The number of nitrogens with zero attached hydrogens (tertiary/aromatic N) is 1. The largest absolute Gasteiger partial charge is 0.392 e. The van der Waals surface area contributed by atoms with Gasteiger partial charge in [0.1, 0.15) is 5.82 Å². The van der Waals surface area contributed by atoms with Gasteiger partial charge in [0.25, 0.3) is 0 Å². The molecule has 1 N–H and O–H groups in total. The molecule has 0 aliphatic heterocycles. The van der Waals surface area contributed by atoms with Crippen molar-refractivity contribution >= 4 is 15.9 Å². The minimum absolute atomic E-state index is 0.241. The summed E-state index contributed by atoms with van der Waals surface area (Å²) in [5, 5.41) is 9.43. The van der Waals surface area contributed by atoms with E-state index >= 15 is 0 Å². The van der Waals surface area contributed by atoms with Gasteiger partial charge in [-0.25, -0.2) is 4.39 Å². The maximum Gasteiger partial charge on any atom is 0.124 e. The molecule has 4 heteroatoms. The Balaban J connectivity index is 2.78. The summed E-state index contributed by atoms with van der Waals surface area (Å²) in [6.45, 7) is 7.12. The van der Waals surface area contributed by atoms with Crippen LogP contribution in [0.5, 0.6) is 0 Å². The number of aliphatic hydroxyl groups is 1. The molecule has 0 aromatic heterocycles. The predicted octanol–water partition coefficient (Wildman–Crippen LogP) is 3.18.